The fraction of sp³-hybridized carbons (Fsp3) is 0.182. The molecule has 2 aromatic carbocycles. The molecule has 4 rings (SSSR count). The number of nitrogens with one attached hydrogen (secondary N) is 1. The van der Waals surface area contributed by atoms with E-state index in [9.17, 15) is 4.79 Å². The summed E-state index contributed by atoms with van der Waals surface area (Å²) in [6, 6.07) is 16.0. The minimum atomic E-state index is -0.0824. The Morgan fingerprint density at radius 3 is 2.41 bits per heavy atom. The number of rotatable bonds is 5. The first-order valence-electron chi connectivity index (χ1n) is 9.19. The van der Waals surface area contributed by atoms with E-state index >= 15 is 0 Å². The summed E-state index contributed by atoms with van der Waals surface area (Å²) in [5, 5.41) is 4.52. The van der Waals surface area contributed by atoms with Crippen molar-refractivity contribution in [2.45, 2.75) is 25.9 Å². The van der Waals surface area contributed by atoms with Crippen LogP contribution in [0.15, 0.2) is 53.7 Å². The molecule has 0 aliphatic rings. The lowest BCUT2D eigenvalue weighted by Gasteiger charge is -2.06. The summed E-state index contributed by atoms with van der Waals surface area (Å²) in [6.07, 6.45) is 0. The molecule has 0 saturated carbocycles. The number of hydrogen-bond acceptors (Lipinski definition) is 6. The average molecular weight is 421 g/mol. The molecular weight excluding hydrogens is 400 g/mol. The van der Waals surface area contributed by atoms with Gasteiger partial charge in [0.2, 0.25) is 5.91 Å². The Kier molecular flexibility index (Phi) is 5.60. The fourth-order valence-corrected chi connectivity index (χ4v) is 4.76. The maximum Gasteiger partial charge on any atom is 0.234 e. The maximum absolute atomic E-state index is 12.3. The van der Waals surface area contributed by atoms with Crippen LogP contribution in [0, 0.1) is 20.8 Å². The molecule has 0 aliphatic heterocycles. The van der Waals surface area contributed by atoms with Gasteiger partial charge in [-0.15, -0.1) is 11.3 Å². The van der Waals surface area contributed by atoms with Gasteiger partial charge in [-0.2, -0.15) is 0 Å². The van der Waals surface area contributed by atoms with Gasteiger partial charge in [-0.25, -0.2) is 15.0 Å². The SMILES string of the molecule is Cc1ccc2nc(-c3ccc(NC(=O)CSc4nc(C)cc(C)n4)cc3)sc2c1. The van der Waals surface area contributed by atoms with Crippen LogP contribution in [0.4, 0.5) is 5.69 Å². The summed E-state index contributed by atoms with van der Waals surface area (Å²) in [5.41, 5.74) is 5.85. The Morgan fingerprint density at radius 1 is 0.966 bits per heavy atom. The third kappa shape index (κ3) is 4.81. The Hall–Kier alpha value is -2.77. The van der Waals surface area contributed by atoms with E-state index in [1.807, 2.05) is 44.2 Å². The van der Waals surface area contributed by atoms with Gasteiger partial charge in [-0.1, -0.05) is 17.8 Å². The van der Waals surface area contributed by atoms with Gasteiger partial charge in [0, 0.05) is 22.6 Å². The van der Waals surface area contributed by atoms with Crippen LogP contribution in [0.5, 0.6) is 0 Å². The second-order valence-corrected chi connectivity index (χ2v) is 8.81. The van der Waals surface area contributed by atoms with E-state index in [2.05, 4.69) is 40.4 Å². The molecule has 0 fully saturated rings. The molecule has 0 aliphatic carbocycles. The highest BCUT2D eigenvalue weighted by Gasteiger charge is 2.09. The van der Waals surface area contributed by atoms with E-state index < -0.39 is 0 Å². The molecule has 1 amide bonds. The van der Waals surface area contributed by atoms with E-state index in [1.54, 1.807) is 11.3 Å². The highest BCUT2D eigenvalue weighted by molar-refractivity contribution is 7.99. The Bertz CT molecular complexity index is 1170. The second-order valence-electron chi connectivity index (χ2n) is 6.84. The van der Waals surface area contributed by atoms with E-state index in [4.69, 9.17) is 4.98 Å². The van der Waals surface area contributed by atoms with Crippen molar-refractivity contribution in [2.75, 3.05) is 11.1 Å². The van der Waals surface area contributed by atoms with Gasteiger partial charge in [-0.05, 0) is 68.8 Å². The smallest absolute Gasteiger partial charge is 0.234 e. The van der Waals surface area contributed by atoms with E-state index in [1.165, 1.54) is 22.0 Å². The van der Waals surface area contributed by atoms with Crippen LogP contribution in [-0.4, -0.2) is 26.6 Å². The molecule has 0 spiro atoms. The highest BCUT2D eigenvalue weighted by atomic mass is 32.2. The number of fused-ring (bicyclic) bond motifs is 1. The number of thiazole rings is 1. The van der Waals surface area contributed by atoms with Crippen LogP contribution in [0.25, 0.3) is 20.8 Å². The Balaban J connectivity index is 1.40. The van der Waals surface area contributed by atoms with Crippen LogP contribution < -0.4 is 5.32 Å². The van der Waals surface area contributed by atoms with Crippen LogP contribution in [0.2, 0.25) is 0 Å². The molecule has 1 N–H and O–H groups in total. The van der Waals surface area contributed by atoms with Crippen LogP contribution in [0.1, 0.15) is 17.0 Å². The maximum atomic E-state index is 12.3. The molecule has 2 aromatic heterocycles. The van der Waals surface area contributed by atoms with Crippen molar-refractivity contribution in [1.29, 1.82) is 0 Å². The average Bonchev–Trinajstić information content (AvgIpc) is 3.09. The summed E-state index contributed by atoms with van der Waals surface area (Å²) >= 11 is 3.01. The predicted molar refractivity (Wildman–Crippen MR) is 121 cm³/mol. The number of carbonyl (C=O) groups excluding carboxylic acids is 1. The number of carbonyl (C=O) groups is 1. The molecule has 5 nitrogen and oxygen atoms in total. The number of hydrogen-bond donors (Lipinski definition) is 1. The summed E-state index contributed by atoms with van der Waals surface area (Å²) < 4.78 is 1.18. The van der Waals surface area contributed by atoms with Crippen molar-refractivity contribution in [3.05, 3.63) is 65.5 Å². The van der Waals surface area contributed by atoms with Gasteiger partial charge >= 0.3 is 0 Å². The van der Waals surface area contributed by atoms with Gasteiger partial charge in [0.25, 0.3) is 0 Å². The number of nitrogens with zero attached hydrogens (tertiary/aromatic N) is 3. The predicted octanol–water partition coefficient (Wildman–Crippen LogP) is 5.41. The summed E-state index contributed by atoms with van der Waals surface area (Å²) in [5.74, 6) is 0.183. The van der Waals surface area contributed by atoms with Crippen LogP contribution in [-0.2, 0) is 4.79 Å². The molecule has 4 aromatic rings. The van der Waals surface area contributed by atoms with Crippen molar-refractivity contribution < 1.29 is 4.79 Å². The van der Waals surface area contributed by atoms with E-state index in [0.29, 0.717) is 5.16 Å². The van der Waals surface area contributed by atoms with Gasteiger partial charge in [0.15, 0.2) is 5.16 Å². The van der Waals surface area contributed by atoms with Gasteiger partial charge < -0.3 is 5.32 Å². The third-order valence-corrected chi connectivity index (χ3v) is 6.17. The first-order chi connectivity index (χ1) is 14.0. The lowest BCUT2D eigenvalue weighted by Crippen LogP contribution is -2.14. The normalized spacial score (nSPS) is 11.0. The third-order valence-electron chi connectivity index (χ3n) is 4.25. The molecule has 2 heterocycles. The monoisotopic (exact) mass is 420 g/mol. The molecule has 0 radical (unpaired) electrons. The number of benzene rings is 2. The zero-order chi connectivity index (χ0) is 20.4. The van der Waals surface area contributed by atoms with Crippen molar-refractivity contribution in [2.24, 2.45) is 0 Å². The minimum absolute atomic E-state index is 0.0824. The van der Waals surface area contributed by atoms with E-state index in [0.717, 1.165) is 33.2 Å². The van der Waals surface area contributed by atoms with Gasteiger partial charge in [0.05, 0.1) is 16.0 Å². The molecule has 0 atom stereocenters. The van der Waals surface area contributed by atoms with Crippen molar-refractivity contribution in [3.63, 3.8) is 0 Å². The molecule has 0 bridgehead atoms. The quantitative estimate of drug-likeness (QED) is 0.345. The molecular formula is C22H20N4OS2. The zero-order valence-corrected chi connectivity index (χ0v) is 18.0. The minimum Gasteiger partial charge on any atom is -0.325 e. The van der Waals surface area contributed by atoms with Crippen molar-refractivity contribution in [3.8, 4) is 10.6 Å². The van der Waals surface area contributed by atoms with Crippen molar-refractivity contribution >= 4 is 44.9 Å². The lowest BCUT2D eigenvalue weighted by molar-refractivity contribution is -0.113. The molecule has 7 heteroatoms. The molecule has 29 heavy (non-hydrogen) atoms. The largest absolute Gasteiger partial charge is 0.325 e. The zero-order valence-electron chi connectivity index (χ0n) is 16.4. The number of amides is 1. The van der Waals surface area contributed by atoms with Crippen LogP contribution in [0.3, 0.4) is 0 Å². The number of thioether (sulfide) groups is 1. The highest BCUT2D eigenvalue weighted by Crippen LogP contribution is 2.31. The molecule has 0 unspecified atom stereocenters. The summed E-state index contributed by atoms with van der Waals surface area (Å²) in [6.45, 7) is 5.93. The fourth-order valence-electron chi connectivity index (χ4n) is 2.94. The second kappa shape index (κ2) is 8.31. The number of aryl methyl sites for hydroxylation is 3. The van der Waals surface area contributed by atoms with E-state index in [-0.39, 0.29) is 11.7 Å². The first kappa shape index (κ1) is 19.5. The lowest BCUT2D eigenvalue weighted by atomic mass is 10.2. The molecule has 146 valence electrons. The summed E-state index contributed by atoms with van der Waals surface area (Å²) in [7, 11) is 0. The Labute approximate surface area is 177 Å². The van der Waals surface area contributed by atoms with Gasteiger partial charge in [0.1, 0.15) is 5.01 Å². The standard InChI is InChI=1S/C22H20N4OS2/c1-13-4-9-18-19(10-13)29-21(26-18)16-5-7-17(8-6-16)25-20(27)12-28-22-23-14(2)11-15(3)24-22/h4-11H,12H2,1-3H3,(H,25,27). The molecule has 0 saturated heterocycles. The topological polar surface area (TPSA) is 67.8 Å². The number of anilines is 1. The Morgan fingerprint density at radius 2 is 1.69 bits per heavy atom. The van der Waals surface area contributed by atoms with Crippen LogP contribution >= 0.6 is 23.1 Å². The number of aromatic nitrogens is 3. The summed E-state index contributed by atoms with van der Waals surface area (Å²) in [4.78, 5) is 25.7. The van der Waals surface area contributed by atoms with Gasteiger partial charge in [-0.3, -0.25) is 4.79 Å². The van der Waals surface area contributed by atoms with Crippen molar-refractivity contribution in [1.82, 2.24) is 15.0 Å². The first-order valence-corrected chi connectivity index (χ1v) is 11.0.